The number of carbonyl (C=O) groups is 2. The van der Waals surface area contributed by atoms with E-state index in [2.05, 4.69) is 10.4 Å². The molecule has 0 saturated heterocycles. The summed E-state index contributed by atoms with van der Waals surface area (Å²) in [5.74, 6) is -0.345. The first-order valence-corrected chi connectivity index (χ1v) is 10.6. The first-order chi connectivity index (χ1) is 15.0. The summed E-state index contributed by atoms with van der Waals surface area (Å²) in [6.45, 7) is 5.35. The molecule has 2 amide bonds. The van der Waals surface area contributed by atoms with E-state index in [4.69, 9.17) is 0 Å². The van der Waals surface area contributed by atoms with Crippen LogP contribution < -0.4 is 10.9 Å². The zero-order valence-corrected chi connectivity index (χ0v) is 18.0. The molecule has 0 fully saturated rings. The van der Waals surface area contributed by atoms with Crippen LogP contribution in [-0.2, 0) is 29.0 Å². The van der Waals surface area contributed by atoms with E-state index < -0.39 is 0 Å². The number of hydrogen-bond acceptors (Lipinski definition) is 4. The van der Waals surface area contributed by atoms with Crippen LogP contribution in [0.3, 0.4) is 0 Å². The third kappa shape index (κ3) is 5.57. The molecular weight excluding hydrogens is 392 g/mol. The summed E-state index contributed by atoms with van der Waals surface area (Å²) in [4.78, 5) is 39.7. The number of benzene rings is 2. The predicted molar refractivity (Wildman–Crippen MR) is 121 cm³/mol. The van der Waals surface area contributed by atoms with Crippen LogP contribution in [0.5, 0.6) is 0 Å². The molecule has 3 rings (SSSR count). The Morgan fingerprint density at radius 2 is 1.61 bits per heavy atom. The lowest BCUT2D eigenvalue weighted by molar-refractivity contribution is -0.130. The van der Waals surface area contributed by atoms with Gasteiger partial charge in [-0.15, -0.1) is 0 Å². The first kappa shape index (κ1) is 22.2. The molecule has 31 heavy (non-hydrogen) atoms. The van der Waals surface area contributed by atoms with E-state index in [9.17, 15) is 14.4 Å². The summed E-state index contributed by atoms with van der Waals surface area (Å²) in [5, 5.41) is 8.33. The fourth-order valence-corrected chi connectivity index (χ4v) is 3.56. The van der Waals surface area contributed by atoms with E-state index in [0.717, 1.165) is 10.2 Å². The largest absolute Gasteiger partial charge is 0.354 e. The van der Waals surface area contributed by atoms with Crippen LogP contribution in [0.15, 0.2) is 59.4 Å². The summed E-state index contributed by atoms with van der Waals surface area (Å²) in [7, 11) is 0. The van der Waals surface area contributed by atoms with Gasteiger partial charge in [-0.2, -0.15) is 5.10 Å². The highest BCUT2D eigenvalue weighted by Gasteiger charge is 2.17. The normalized spacial score (nSPS) is 10.8. The number of hydrogen-bond donors (Lipinski definition) is 1. The molecule has 0 aliphatic carbocycles. The predicted octanol–water partition coefficient (Wildman–Crippen LogP) is 2.17. The van der Waals surface area contributed by atoms with Gasteiger partial charge in [0.05, 0.1) is 17.5 Å². The fraction of sp³-hybridized carbons (Fsp3) is 0.333. The molecule has 0 bridgehead atoms. The Hall–Kier alpha value is -3.48. The maximum absolute atomic E-state index is 12.9. The van der Waals surface area contributed by atoms with Crippen molar-refractivity contribution in [2.45, 2.75) is 33.2 Å². The number of carbonyl (C=O) groups excluding carboxylic acids is 2. The van der Waals surface area contributed by atoms with Crippen LogP contribution in [-0.4, -0.2) is 46.1 Å². The Morgan fingerprint density at radius 3 is 2.29 bits per heavy atom. The zero-order chi connectivity index (χ0) is 22.2. The van der Waals surface area contributed by atoms with Crippen LogP contribution in [0.4, 0.5) is 0 Å². The second-order valence-corrected chi connectivity index (χ2v) is 7.28. The summed E-state index contributed by atoms with van der Waals surface area (Å²) < 4.78 is 1.16. The highest BCUT2D eigenvalue weighted by Crippen LogP contribution is 2.14. The Morgan fingerprint density at radius 1 is 0.968 bits per heavy atom. The number of nitrogens with one attached hydrogen (secondary N) is 1. The molecule has 3 aromatic rings. The molecule has 0 radical (unpaired) electrons. The lowest BCUT2D eigenvalue weighted by Gasteiger charge is -2.19. The minimum absolute atomic E-state index is 0.0554. The van der Waals surface area contributed by atoms with Crippen molar-refractivity contribution in [2.24, 2.45) is 0 Å². The molecule has 162 valence electrons. The van der Waals surface area contributed by atoms with Crippen LogP contribution in [0, 0.1) is 0 Å². The molecule has 7 nitrogen and oxygen atoms in total. The van der Waals surface area contributed by atoms with E-state index in [1.165, 1.54) is 0 Å². The molecule has 7 heteroatoms. The molecule has 0 atom stereocenters. The Balaban J connectivity index is 1.78. The number of likely N-dealkylation sites (N-methyl/N-ethyl adjacent to an activating group) is 1. The van der Waals surface area contributed by atoms with Gasteiger partial charge in [-0.1, -0.05) is 48.5 Å². The van der Waals surface area contributed by atoms with Crippen LogP contribution in [0.1, 0.15) is 25.1 Å². The van der Waals surface area contributed by atoms with Gasteiger partial charge in [-0.05, 0) is 31.9 Å². The van der Waals surface area contributed by atoms with Gasteiger partial charge >= 0.3 is 0 Å². The molecule has 0 unspecified atom stereocenters. The summed E-state index contributed by atoms with van der Waals surface area (Å²) in [6.07, 6.45) is 0.786. The fourth-order valence-electron chi connectivity index (χ4n) is 3.56. The van der Waals surface area contributed by atoms with Gasteiger partial charge in [-0.3, -0.25) is 14.4 Å². The molecule has 1 N–H and O–H groups in total. The number of fused-ring (bicyclic) bond motifs is 1. The quantitative estimate of drug-likeness (QED) is 0.575. The van der Waals surface area contributed by atoms with Gasteiger partial charge in [0.25, 0.3) is 5.56 Å². The highest BCUT2D eigenvalue weighted by atomic mass is 16.2. The number of aromatic nitrogens is 2. The van der Waals surface area contributed by atoms with Gasteiger partial charge < -0.3 is 10.2 Å². The molecule has 0 aliphatic heterocycles. The van der Waals surface area contributed by atoms with Crippen molar-refractivity contribution in [3.8, 4) is 0 Å². The van der Waals surface area contributed by atoms with Gasteiger partial charge in [0, 0.05) is 25.0 Å². The Bertz CT molecular complexity index is 1100. The van der Waals surface area contributed by atoms with Gasteiger partial charge in [-0.25, -0.2) is 4.68 Å². The summed E-state index contributed by atoms with van der Waals surface area (Å²) >= 11 is 0. The third-order valence-electron chi connectivity index (χ3n) is 5.25. The Kier molecular flexibility index (Phi) is 7.54. The maximum Gasteiger partial charge on any atom is 0.275 e. The van der Waals surface area contributed by atoms with Crippen molar-refractivity contribution in [3.63, 3.8) is 0 Å². The average molecular weight is 421 g/mol. The van der Waals surface area contributed by atoms with Crippen LogP contribution in [0.2, 0.25) is 0 Å². The monoisotopic (exact) mass is 420 g/mol. The van der Waals surface area contributed by atoms with E-state index >= 15 is 0 Å². The van der Waals surface area contributed by atoms with E-state index in [-0.39, 0.29) is 30.3 Å². The second kappa shape index (κ2) is 10.5. The van der Waals surface area contributed by atoms with E-state index in [1.54, 1.807) is 23.1 Å². The molecule has 1 aromatic heterocycles. The number of amides is 2. The lowest BCUT2D eigenvalue weighted by Crippen LogP contribution is -2.36. The topological polar surface area (TPSA) is 84.3 Å². The minimum Gasteiger partial charge on any atom is -0.354 e. The van der Waals surface area contributed by atoms with Crippen molar-refractivity contribution < 1.29 is 9.59 Å². The Labute approximate surface area is 181 Å². The van der Waals surface area contributed by atoms with Gasteiger partial charge in [0.2, 0.25) is 11.8 Å². The van der Waals surface area contributed by atoms with Gasteiger partial charge in [0.1, 0.15) is 6.54 Å². The minimum atomic E-state index is -0.340. The smallest absolute Gasteiger partial charge is 0.275 e. The lowest BCUT2D eigenvalue weighted by atomic mass is 10.1. The molecule has 2 aromatic carbocycles. The second-order valence-electron chi connectivity index (χ2n) is 7.28. The van der Waals surface area contributed by atoms with E-state index in [1.807, 2.05) is 50.2 Å². The highest BCUT2D eigenvalue weighted by molar-refractivity contribution is 5.88. The summed E-state index contributed by atoms with van der Waals surface area (Å²) in [5.41, 5.74) is 1.29. The number of nitrogens with zero attached hydrogens (tertiary/aromatic N) is 3. The van der Waals surface area contributed by atoms with Crippen molar-refractivity contribution in [2.75, 3.05) is 19.6 Å². The third-order valence-corrected chi connectivity index (χ3v) is 5.25. The molecule has 0 spiro atoms. The molecule has 0 aliphatic rings. The standard InChI is InChI=1S/C24H28N4O3/c1-3-27(4-2)23(30)16-21-19-12-8-9-13-20(19)24(31)28(26-21)17-22(29)25-15-14-18-10-6-5-7-11-18/h5-13H,3-4,14-17H2,1-2H3,(H,25,29). The molecule has 0 saturated carbocycles. The molecular formula is C24H28N4O3. The van der Waals surface area contributed by atoms with Crippen LogP contribution >= 0.6 is 0 Å². The molecule has 1 heterocycles. The average Bonchev–Trinajstić information content (AvgIpc) is 2.78. The van der Waals surface area contributed by atoms with Gasteiger partial charge in [0.15, 0.2) is 0 Å². The first-order valence-electron chi connectivity index (χ1n) is 10.6. The number of rotatable bonds is 9. The van der Waals surface area contributed by atoms with Crippen molar-refractivity contribution in [1.29, 1.82) is 0 Å². The van der Waals surface area contributed by atoms with Crippen molar-refractivity contribution >= 4 is 22.6 Å². The van der Waals surface area contributed by atoms with Crippen molar-refractivity contribution in [1.82, 2.24) is 20.0 Å². The van der Waals surface area contributed by atoms with Crippen LogP contribution in [0.25, 0.3) is 10.8 Å². The summed E-state index contributed by atoms with van der Waals surface area (Å²) in [6, 6.07) is 16.9. The maximum atomic E-state index is 12.9. The zero-order valence-electron chi connectivity index (χ0n) is 18.0. The van der Waals surface area contributed by atoms with Crippen molar-refractivity contribution in [3.05, 3.63) is 76.2 Å². The van der Waals surface area contributed by atoms with E-state index in [0.29, 0.717) is 42.5 Å². The SMILES string of the molecule is CCN(CC)C(=O)Cc1nn(CC(=O)NCCc2ccccc2)c(=O)c2ccccc12.